The molecule has 98 valence electrons. The molecule has 1 heterocycles. The lowest BCUT2D eigenvalue weighted by Crippen LogP contribution is -2.32. The third-order valence-corrected chi connectivity index (χ3v) is 4.47. The maximum absolute atomic E-state index is 6.42. The van der Waals surface area contributed by atoms with Crippen LogP contribution in [-0.2, 0) is 5.41 Å². The maximum atomic E-state index is 6.42. The van der Waals surface area contributed by atoms with Gasteiger partial charge in [-0.1, -0.05) is 24.4 Å². The van der Waals surface area contributed by atoms with Crippen LogP contribution in [0.2, 0.25) is 5.02 Å². The van der Waals surface area contributed by atoms with E-state index in [1.807, 2.05) is 12.1 Å². The van der Waals surface area contributed by atoms with E-state index in [0.29, 0.717) is 19.8 Å². The zero-order chi connectivity index (χ0) is 12.6. The molecule has 1 aromatic carbocycles. The van der Waals surface area contributed by atoms with Crippen molar-refractivity contribution in [2.45, 2.75) is 31.1 Å². The van der Waals surface area contributed by atoms with E-state index in [9.17, 15) is 0 Å². The second kappa shape index (κ2) is 4.63. The van der Waals surface area contributed by atoms with Crippen molar-refractivity contribution in [1.29, 1.82) is 0 Å². The Morgan fingerprint density at radius 3 is 2.33 bits per heavy atom. The van der Waals surface area contributed by atoms with Gasteiger partial charge in [-0.05, 0) is 24.5 Å². The fourth-order valence-electron chi connectivity index (χ4n) is 3.11. The summed E-state index contributed by atoms with van der Waals surface area (Å²) in [6, 6.07) is 3.91. The smallest absolute Gasteiger partial charge is 0.162 e. The predicted octanol–water partition coefficient (Wildman–Crippen LogP) is 2.88. The number of nitrogens with two attached hydrogens (primary N) is 1. The molecule has 3 nitrogen and oxygen atoms in total. The molecule has 1 aliphatic carbocycles. The number of hydrogen-bond donors (Lipinski definition) is 1. The highest BCUT2D eigenvalue weighted by Gasteiger charge is 2.37. The van der Waals surface area contributed by atoms with Crippen molar-refractivity contribution >= 4 is 11.6 Å². The van der Waals surface area contributed by atoms with Crippen molar-refractivity contribution in [2.24, 2.45) is 5.73 Å². The van der Waals surface area contributed by atoms with E-state index in [1.54, 1.807) is 0 Å². The fourth-order valence-corrected chi connectivity index (χ4v) is 3.46. The first-order chi connectivity index (χ1) is 8.75. The number of ether oxygens (including phenoxy) is 2. The fraction of sp³-hybridized carbons (Fsp3) is 0.571. The zero-order valence-corrected chi connectivity index (χ0v) is 11.1. The highest BCUT2D eigenvalue weighted by atomic mass is 35.5. The Balaban J connectivity index is 2.05. The molecule has 0 bridgehead atoms. The number of halogens is 1. The van der Waals surface area contributed by atoms with Gasteiger partial charge < -0.3 is 15.2 Å². The Bertz CT molecular complexity index is 455. The van der Waals surface area contributed by atoms with Crippen molar-refractivity contribution in [2.75, 3.05) is 19.8 Å². The van der Waals surface area contributed by atoms with Crippen LogP contribution in [0.4, 0.5) is 0 Å². The van der Waals surface area contributed by atoms with Crippen molar-refractivity contribution in [3.8, 4) is 11.5 Å². The third kappa shape index (κ3) is 1.86. The molecule has 0 spiro atoms. The number of benzene rings is 1. The molecule has 2 aliphatic rings. The molecule has 0 aromatic heterocycles. The monoisotopic (exact) mass is 267 g/mol. The SMILES string of the molecule is NCC1(c2cc3c(cc2Cl)OCCO3)CCCC1. The maximum Gasteiger partial charge on any atom is 0.162 e. The van der Waals surface area contributed by atoms with E-state index in [-0.39, 0.29) is 5.41 Å². The molecule has 0 atom stereocenters. The average molecular weight is 268 g/mol. The lowest BCUT2D eigenvalue weighted by atomic mass is 9.79. The lowest BCUT2D eigenvalue weighted by Gasteiger charge is -2.30. The quantitative estimate of drug-likeness (QED) is 0.896. The van der Waals surface area contributed by atoms with Crippen LogP contribution >= 0.6 is 11.6 Å². The van der Waals surface area contributed by atoms with E-state index in [1.165, 1.54) is 12.8 Å². The highest BCUT2D eigenvalue weighted by Crippen LogP contribution is 2.46. The Kier molecular flexibility index (Phi) is 3.12. The van der Waals surface area contributed by atoms with Gasteiger partial charge >= 0.3 is 0 Å². The highest BCUT2D eigenvalue weighted by molar-refractivity contribution is 6.31. The summed E-state index contributed by atoms with van der Waals surface area (Å²) in [5.41, 5.74) is 7.18. The van der Waals surface area contributed by atoms with Gasteiger partial charge in [0.2, 0.25) is 0 Å². The number of hydrogen-bond acceptors (Lipinski definition) is 3. The van der Waals surface area contributed by atoms with Crippen molar-refractivity contribution in [3.05, 3.63) is 22.7 Å². The van der Waals surface area contributed by atoms with Gasteiger partial charge in [-0.3, -0.25) is 0 Å². The summed E-state index contributed by atoms with van der Waals surface area (Å²) >= 11 is 6.42. The molecular formula is C14H18ClNO2. The summed E-state index contributed by atoms with van der Waals surface area (Å²) in [6.45, 7) is 1.83. The summed E-state index contributed by atoms with van der Waals surface area (Å²) in [6.07, 6.45) is 4.68. The van der Waals surface area contributed by atoms with Gasteiger partial charge in [-0.2, -0.15) is 0 Å². The van der Waals surface area contributed by atoms with Crippen LogP contribution in [0.3, 0.4) is 0 Å². The Morgan fingerprint density at radius 2 is 1.72 bits per heavy atom. The molecule has 0 radical (unpaired) electrons. The number of fused-ring (bicyclic) bond motifs is 1. The first-order valence-electron chi connectivity index (χ1n) is 6.55. The van der Waals surface area contributed by atoms with Crippen LogP contribution in [0.15, 0.2) is 12.1 Å². The molecule has 0 amide bonds. The first kappa shape index (κ1) is 12.1. The van der Waals surface area contributed by atoms with Gasteiger partial charge in [0, 0.05) is 23.0 Å². The van der Waals surface area contributed by atoms with Crippen molar-refractivity contribution in [3.63, 3.8) is 0 Å². The van der Waals surface area contributed by atoms with Crippen LogP contribution in [0.1, 0.15) is 31.2 Å². The normalized spacial score (nSPS) is 21.0. The Labute approximate surface area is 112 Å². The largest absolute Gasteiger partial charge is 0.486 e. The predicted molar refractivity (Wildman–Crippen MR) is 71.6 cm³/mol. The second-order valence-electron chi connectivity index (χ2n) is 5.17. The van der Waals surface area contributed by atoms with Gasteiger partial charge in [0.05, 0.1) is 0 Å². The first-order valence-corrected chi connectivity index (χ1v) is 6.93. The molecular weight excluding hydrogens is 250 g/mol. The molecule has 3 rings (SSSR count). The van der Waals surface area contributed by atoms with E-state index < -0.39 is 0 Å². The summed E-state index contributed by atoms with van der Waals surface area (Å²) in [5.74, 6) is 1.56. The van der Waals surface area contributed by atoms with Gasteiger partial charge in [0.25, 0.3) is 0 Å². The van der Waals surface area contributed by atoms with Crippen molar-refractivity contribution < 1.29 is 9.47 Å². The van der Waals surface area contributed by atoms with E-state index in [0.717, 1.165) is 34.9 Å². The topological polar surface area (TPSA) is 44.5 Å². The van der Waals surface area contributed by atoms with Crippen LogP contribution in [0, 0.1) is 0 Å². The van der Waals surface area contributed by atoms with Crippen LogP contribution in [0.25, 0.3) is 0 Å². The van der Waals surface area contributed by atoms with Gasteiger partial charge in [-0.25, -0.2) is 0 Å². The summed E-state index contributed by atoms with van der Waals surface area (Å²) in [4.78, 5) is 0. The van der Waals surface area contributed by atoms with E-state index in [2.05, 4.69) is 0 Å². The van der Waals surface area contributed by atoms with Crippen LogP contribution < -0.4 is 15.2 Å². The molecule has 0 saturated heterocycles. The molecule has 1 fully saturated rings. The Hall–Kier alpha value is -0.930. The minimum atomic E-state index is 0.0346. The molecule has 4 heteroatoms. The molecule has 0 unspecified atom stereocenters. The summed E-state index contributed by atoms with van der Waals surface area (Å²) in [5, 5.41) is 0.756. The van der Waals surface area contributed by atoms with Gasteiger partial charge in [0.1, 0.15) is 13.2 Å². The van der Waals surface area contributed by atoms with Crippen molar-refractivity contribution in [1.82, 2.24) is 0 Å². The summed E-state index contributed by atoms with van der Waals surface area (Å²) < 4.78 is 11.2. The zero-order valence-electron chi connectivity index (χ0n) is 10.4. The van der Waals surface area contributed by atoms with E-state index >= 15 is 0 Å². The average Bonchev–Trinajstić information content (AvgIpc) is 2.88. The van der Waals surface area contributed by atoms with Crippen LogP contribution in [-0.4, -0.2) is 19.8 Å². The van der Waals surface area contributed by atoms with E-state index in [4.69, 9.17) is 26.8 Å². The standard InChI is InChI=1S/C14H18ClNO2/c15-11-8-13-12(17-5-6-18-13)7-10(11)14(9-16)3-1-2-4-14/h7-8H,1-6,9,16H2. The molecule has 2 N–H and O–H groups in total. The molecule has 1 aromatic rings. The van der Waals surface area contributed by atoms with Gasteiger partial charge in [-0.15, -0.1) is 0 Å². The van der Waals surface area contributed by atoms with Gasteiger partial charge in [0.15, 0.2) is 11.5 Å². The molecule has 18 heavy (non-hydrogen) atoms. The third-order valence-electron chi connectivity index (χ3n) is 4.15. The second-order valence-corrected chi connectivity index (χ2v) is 5.57. The Morgan fingerprint density at radius 1 is 1.11 bits per heavy atom. The minimum Gasteiger partial charge on any atom is -0.486 e. The number of rotatable bonds is 2. The molecule has 1 saturated carbocycles. The lowest BCUT2D eigenvalue weighted by molar-refractivity contribution is 0.171. The minimum absolute atomic E-state index is 0.0346. The summed E-state index contributed by atoms with van der Waals surface area (Å²) in [7, 11) is 0. The van der Waals surface area contributed by atoms with Crippen LogP contribution in [0.5, 0.6) is 11.5 Å². The molecule has 1 aliphatic heterocycles.